The van der Waals surface area contributed by atoms with Gasteiger partial charge in [0.25, 0.3) is 0 Å². The number of aromatic nitrogens is 2. The van der Waals surface area contributed by atoms with Crippen LogP contribution in [0.25, 0.3) is 22.3 Å². The van der Waals surface area contributed by atoms with E-state index in [1.807, 2.05) is 54.6 Å². The van der Waals surface area contributed by atoms with Crippen molar-refractivity contribution in [1.82, 2.24) is 10.2 Å². The smallest absolute Gasteiger partial charge is 0.232 e. The predicted molar refractivity (Wildman–Crippen MR) is 107 cm³/mol. The highest BCUT2D eigenvalue weighted by Crippen LogP contribution is 2.27. The summed E-state index contributed by atoms with van der Waals surface area (Å²) in [7, 11) is 1.65. The van der Waals surface area contributed by atoms with Gasteiger partial charge in [0.15, 0.2) is 0 Å². The Morgan fingerprint density at radius 3 is 2.56 bits per heavy atom. The standard InChI is InChI=1S/C21H19N3O2S/c1-13(2)20-23-24-21(27-20)22-17-12-19(14-7-5-4-6-8-14)26-18-10-9-15(25-3)11-16(17)18/h4-13H,1-3H3. The van der Waals surface area contributed by atoms with Crippen molar-refractivity contribution in [3.63, 3.8) is 0 Å². The number of nitrogens with zero attached hydrogens (tertiary/aromatic N) is 3. The summed E-state index contributed by atoms with van der Waals surface area (Å²) < 4.78 is 11.5. The highest BCUT2D eigenvalue weighted by atomic mass is 32.1. The normalized spacial score (nSPS) is 12.1. The summed E-state index contributed by atoms with van der Waals surface area (Å²) in [5.41, 5.74) is 1.73. The van der Waals surface area contributed by atoms with Crippen LogP contribution in [0, 0.1) is 0 Å². The Balaban J connectivity index is 1.96. The fourth-order valence-corrected chi connectivity index (χ4v) is 3.45. The molecular formula is C21H19N3O2S. The quantitative estimate of drug-likeness (QED) is 0.483. The minimum atomic E-state index is 0.328. The third kappa shape index (κ3) is 3.61. The molecule has 0 fully saturated rings. The number of hydrogen-bond acceptors (Lipinski definition) is 6. The maximum atomic E-state index is 6.12. The number of fused-ring (bicyclic) bond motifs is 1. The minimum Gasteiger partial charge on any atom is -0.497 e. The van der Waals surface area contributed by atoms with E-state index < -0.39 is 0 Å². The van der Waals surface area contributed by atoms with Crippen LogP contribution in [0.2, 0.25) is 0 Å². The molecule has 4 rings (SSSR count). The van der Waals surface area contributed by atoms with E-state index >= 15 is 0 Å². The Hall–Kier alpha value is -2.99. The fraction of sp³-hybridized carbons (Fsp3) is 0.190. The van der Waals surface area contributed by atoms with Crippen molar-refractivity contribution in [3.8, 4) is 17.1 Å². The van der Waals surface area contributed by atoms with E-state index in [1.54, 1.807) is 7.11 Å². The summed E-state index contributed by atoms with van der Waals surface area (Å²) in [6.07, 6.45) is 0. The molecule has 0 amide bonds. The van der Waals surface area contributed by atoms with Crippen molar-refractivity contribution < 1.29 is 9.15 Å². The van der Waals surface area contributed by atoms with Gasteiger partial charge in [-0.3, -0.25) is 0 Å². The van der Waals surface area contributed by atoms with Crippen molar-refractivity contribution in [2.45, 2.75) is 19.8 Å². The van der Waals surface area contributed by atoms with Crippen LogP contribution < -0.4 is 10.1 Å². The van der Waals surface area contributed by atoms with Gasteiger partial charge in [-0.2, -0.15) is 0 Å². The largest absolute Gasteiger partial charge is 0.497 e. The maximum Gasteiger partial charge on any atom is 0.232 e. The number of ether oxygens (including phenoxy) is 1. The van der Waals surface area contributed by atoms with E-state index in [1.165, 1.54) is 11.3 Å². The van der Waals surface area contributed by atoms with E-state index in [2.05, 4.69) is 24.0 Å². The zero-order chi connectivity index (χ0) is 18.8. The summed E-state index contributed by atoms with van der Waals surface area (Å²) >= 11 is 1.51. The molecule has 6 heteroatoms. The van der Waals surface area contributed by atoms with E-state index in [-0.39, 0.29) is 0 Å². The molecule has 2 heterocycles. The van der Waals surface area contributed by atoms with Gasteiger partial charge in [0, 0.05) is 22.9 Å². The molecule has 0 aliphatic carbocycles. The first-order valence-corrected chi connectivity index (χ1v) is 9.51. The van der Waals surface area contributed by atoms with Gasteiger partial charge in [-0.05, 0) is 18.2 Å². The van der Waals surface area contributed by atoms with Gasteiger partial charge in [0.1, 0.15) is 22.1 Å². The lowest BCUT2D eigenvalue weighted by atomic mass is 10.1. The number of hydrogen-bond donors (Lipinski definition) is 0. The molecule has 0 aliphatic rings. The van der Waals surface area contributed by atoms with Gasteiger partial charge in [-0.25, -0.2) is 4.99 Å². The van der Waals surface area contributed by atoms with Crippen LogP contribution in [0.4, 0.5) is 5.13 Å². The number of methoxy groups -OCH3 is 1. The van der Waals surface area contributed by atoms with Gasteiger partial charge in [0.05, 0.1) is 12.5 Å². The zero-order valence-corrected chi connectivity index (χ0v) is 16.2. The maximum absolute atomic E-state index is 6.12. The molecular weight excluding hydrogens is 358 g/mol. The van der Waals surface area contributed by atoms with Crippen LogP contribution >= 0.6 is 11.3 Å². The first kappa shape index (κ1) is 17.4. The highest BCUT2D eigenvalue weighted by Gasteiger charge is 2.10. The predicted octanol–water partition coefficient (Wildman–Crippen LogP) is 5.32. The summed E-state index contributed by atoms with van der Waals surface area (Å²) in [6, 6.07) is 17.6. The molecule has 136 valence electrons. The molecule has 0 atom stereocenters. The molecule has 0 unspecified atom stereocenters. The van der Waals surface area contributed by atoms with Crippen molar-refractivity contribution in [2.24, 2.45) is 4.99 Å². The first-order valence-electron chi connectivity index (χ1n) is 8.69. The molecule has 0 saturated carbocycles. The monoisotopic (exact) mass is 377 g/mol. The first-order chi connectivity index (χ1) is 13.1. The van der Waals surface area contributed by atoms with Crippen molar-refractivity contribution in [1.29, 1.82) is 0 Å². The van der Waals surface area contributed by atoms with Crippen LogP contribution in [0.1, 0.15) is 24.8 Å². The lowest BCUT2D eigenvalue weighted by Crippen LogP contribution is -2.03. The molecule has 2 aromatic carbocycles. The van der Waals surface area contributed by atoms with Crippen LogP contribution in [0.3, 0.4) is 0 Å². The van der Waals surface area contributed by atoms with Crippen LogP contribution in [0.15, 0.2) is 64.0 Å². The fourth-order valence-electron chi connectivity index (χ4n) is 2.72. The molecule has 0 spiro atoms. The number of benzene rings is 2. The van der Waals surface area contributed by atoms with E-state index in [0.29, 0.717) is 11.0 Å². The molecule has 2 aromatic heterocycles. The second-order valence-corrected chi connectivity index (χ2v) is 7.40. The van der Waals surface area contributed by atoms with Crippen molar-refractivity contribution in [2.75, 3.05) is 7.11 Å². The lowest BCUT2D eigenvalue weighted by Gasteiger charge is -2.06. The van der Waals surface area contributed by atoms with Crippen LogP contribution in [-0.4, -0.2) is 17.3 Å². The Morgan fingerprint density at radius 1 is 1.04 bits per heavy atom. The molecule has 0 saturated heterocycles. The second kappa shape index (κ2) is 7.32. The Morgan fingerprint density at radius 2 is 1.85 bits per heavy atom. The molecule has 0 N–H and O–H groups in total. The average Bonchev–Trinajstić information content (AvgIpc) is 3.17. The molecule has 0 aliphatic heterocycles. The molecule has 4 aromatic rings. The van der Waals surface area contributed by atoms with Gasteiger partial charge >= 0.3 is 0 Å². The van der Waals surface area contributed by atoms with Crippen molar-refractivity contribution >= 4 is 27.4 Å². The summed E-state index contributed by atoms with van der Waals surface area (Å²) in [6.45, 7) is 4.19. The average molecular weight is 377 g/mol. The van der Waals surface area contributed by atoms with Crippen molar-refractivity contribution in [3.05, 3.63) is 65.0 Å². The third-order valence-electron chi connectivity index (χ3n) is 4.15. The van der Waals surface area contributed by atoms with Gasteiger partial charge in [-0.15, -0.1) is 10.2 Å². The summed E-state index contributed by atoms with van der Waals surface area (Å²) in [5.74, 6) is 1.83. The lowest BCUT2D eigenvalue weighted by molar-refractivity contribution is 0.415. The Labute approximate surface area is 161 Å². The summed E-state index contributed by atoms with van der Waals surface area (Å²) in [5, 5.41) is 11.7. The topological polar surface area (TPSA) is 60.5 Å². The molecule has 27 heavy (non-hydrogen) atoms. The zero-order valence-electron chi connectivity index (χ0n) is 15.3. The minimum absolute atomic E-state index is 0.328. The Kier molecular flexibility index (Phi) is 4.73. The number of rotatable bonds is 4. The molecule has 0 bridgehead atoms. The SMILES string of the molecule is COc1ccc2oc(-c3ccccc3)cc(=Nc3nnc(C(C)C)s3)c2c1. The van der Waals surface area contributed by atoms with Gasteiger partial charge in [0.2, 0.25) is 5.13 Å². The van der Waals surface area contributed by atoms with Gasteiger partial charge < -0.3 is 9.15 Å². The van der Waals surface area contributed by atoms with E-state index in [0.717, 1.165) is 38.4 Å². The second-order valence-electron chi connectivity index (χ2n) is 6.41. The van der Waals surface area contributed by atoms with Gasteiger partial charge in [-0.1, -0.05) is 55.5 Å². The molecule has 0 radical (unpaired) electrons. The Bertz CT molecular complexity index is 1150. The van der Waals surface area contributed by atoms with Crippen LogP contribution in [-0.2, 0) is 0 Å². The highest BCUT2D eigenvalue weighted by molar-refractivity contribution is 7.15. The molecule has 5 nitrogen and oxygen atoms in total. The van der Waals surface area contributed by atoms with E-state index in [9.17, 15) is 0 Å². The third-order valence-corrected chi connectivity index (χ3v) is 5.27. The summed E-state index contributed by atoms with van der Waals surface area (Å²) in [4.78, 5) is 4.76. The van der Waals surface area contributed by atoms with E-state index in [4.69, 9.17) is 14.1 Å². The van der Waals surface area contributed by atoms with Crippen LogP contribution in [0.5, 0.6) is 5.75 Å².